The molecule has 0 unspecified atom stereocenters. The Morgan fingerprint density at radius 2 is 2.13 bits per heavy atom. The Morgan fingerprint density at radius 3 is 2.96 bits per heavy atom. The van der Waals surface area contributed by atoms with Gasteiger partial charge in [0.05, 0.1) is 12.2 Å². The van der Waals surface area contributed by atoms with Crippen LogP contribution in [0.15, 0.2) is 49.4 Å². The summed E-state index contributed by atoms with van der Waals surface area (Å²) >= 11 is 0. The van der Waals surface area contributed by atoms with E-state index in [1.54, 1.807) is 12.7 Å². The summed E-state index contributed by atoms with van der Waals surface area (Å²) in [5.41, 5.74) is 1.09. The molecule has 1 atom stereocenters. The minimum atomic E-state index is 0.455. The van der Waals surface area contributed by atoms with Crippen LogP contribution in [0.5, 0.6) is 0 Å². The molecule has 4 rings (SSSR count). The first-order valence-corrected chi connectivity index (χ1v) is 7.81. The number of hydrogen-bond acceptors (Lipinski definition) is 5. The number of rotatable bonds is 4. The molecule has 0 amide bonds. The molecule has 4 heterocycles. The molecule has 0 N–H and O–H groups in total. The molecular formula is C16H19N7. The molecule has 0 radical (unpaired) electrons. The van der Waals surface area contributed by atoms with Gasteiger partial charge in [0.1, 0.15) is 18.5 Å². The summed E-state index contributed by atoms with van der Waals surface area (Å²) in [6.45, 7) is 4.48. The first-order chi connectivity index (χ1) is 11.4. The highest BCUT2D eigenvalue weighted by atomic mass is 15.3. The maximum Gasteiger partial charge on any atom is 0.137 e. The number of imidazole rings is 1. The molecule has 0 aromatic carbocycles. The number of hydrogen-bond donors (Lipinski definition) is 0. The van der Waals surface area contributed by atoms with Crippen LogP contribution in [-0.2, 0) is 26.2 Å². The highest BCUT2D eigenvalue weighted by Crippen LogP contribution is 2.18. The molecule has 0 spiro atoms. The summed E-state index contributed by atoms with van der Waals surface area (Å²) in [4.78, 5) is 15.4. The number of aromatic nitrogens is 6. The van der Waals surface area contributed by atoms with Gasteiger partial charge in [0.25, 0.3) is 0 Å². The van der Waals surface area contributed by atoms with E-state index in [-0.39, 0.29) is 0 Å². The van der Waals surface area contributed by atoms with Crippen molar-refractivity contribution in [2.24, 2.45) is 5.92 Å². The Bertz CT molecular complexity index is 735. The van der Waals surface area contributed by atoms with Gasteiger partial charge in [-0.3, -0.25) is 14.6 Å². The Balaban J connectivity index is 1.54. The molecular weight excluding hydrogens is 290 g/mol. The zero-order valence-electron chi connectivity index (χ0n) is 12.9. The fraction of sp³-hybridized carbons (Fsp3) is 0.375. The SMILES string of the molecule is c1ccc(CN2Cc3nccn3C[C@H](Cn3cncn3)C2)nc1. The third-order valence-corrected chi connectivity index (χ3v) is 4.16. The standard InChI is InChI=1S/C16H19N7/c1-2-4-18-15(3-1)10-21-7-14(9-23-13-17-12-20-23)8-22-6-5-19-16(22)11-21/h1-6,12-14H,7-11H2/t14-/m1/s1. The van der Waals surface area contributed by atoms with Crippen LogP contribution in [0.2, 0.25) is 0 Å². The predicted molar refractivity (Wildman–Crippen MR) is 84.1 cm³/mol. The fourth-order valence-corrected chi connectivity index (χ4v) is 3.17. The number of nitrogens with zero attached hydrogens (tertiary/aromatic N) is 7. The Labute approximate surface area is 134 Å². The molecule has 0 bridgehead atoms. The normalized spacial score (nSPS) is 18.5. The Morgan fingerprint density at radius 1 is 1.13 bits per heavy atom. The maximum absolute atomic E-state index is 4.51. The van der Waals surface area contributed by atoms with Crippen LogP contribution < -0.4 is 0 Å². The van der Waals surface area contributed by atoms with Crippen molar-refractivity contribution < 1.29 is 0 Å². The van der Waals surface area contributed by atoms with Gasteiger partial charge in [0, 0.05) is 50.7 Å². The Hall–Kier alpha value is -2.54. The first kappa shape index (κ1) is 14.1. The average Bonchev–Trinajstić information content (AvgIpc) is 3.18. The van der Waals surface area contributed by atoms with Gasteiger partial charge < -0.3 is 4.57 Å². The van der Waals surface area contributed by atoms with Crippen molar-refractivity contribution in [2.75, 3.05) is 6.54 Å². The lowest BCUT2D eigenvalue weighted by Gasteiger charge is -2.23. The van der Waals surface area contributed by atoms with Crippen molar-refractivity contribution >= 4 is 0 Å². The molecule has 118 valence electrons. The van der Waals surface area contributed by atoms with E-state index < -0.39 is 0 Å². The second-order valence-electron chi connectivity index (χ2n) is 5.97. The van der Waals surface area contributed by atoms with Gasteiger partial charge in [-0.15, -0.1) is 0 Å². The van der Waals surface area contributed by atoms with Crippen LogP contribution in [-0.4, -0.2) is 40.7 Å². The van der Waals surface area contributed by atoms with Crippen molar-refractivity contribution in [1.82, 2.24) is 34.2 Å². The topological polar surface area (TPSA) is 64.7 Å². The summed E-state index contributed by atoms with van der Waals surface area (Å²) in [6.07, 6.45) is 9.16. The van der Waals surface area contributed by atoms with Crippen LogP contribution in [0.3, 0.4) is 0 Å². The molecule has 7 heteroatoms. The zero-order valence-corrected chi connectivity index (χ0v) is 12.9. The molecule has 0 saturated carbocycles. The van der Waals surface area contributed by atoms with Crippen molar-refractivity contribution in [3.8, 4) is 0 Å². The smallest absolute Gasteiger partial charge is 0.137 e. The van der Waals surface area contributed by atoms with E-state index >= 15 is 0 Å². The average molecular weight is 309 g/mol. The predicted octanol–water partition coefficient (Wildman–Crippen LogP) is 1.20. The largest absolute Gasteiger partial charge is 0.333 e. The molecule has 23 heavy (non-hydrogen) atoms. The summed E-state index contributed by atoms with van der Waals surface area (Å²) in [5, 5.41) is 4.24. The second-order valence-corrected chi connectivity index (χ2v) is 5.97. The minimum absolute atomic E-state index is 0.455. The lowest BCUT2D eigenvalue weighted by Crippen LogP contribution is -2.30. The number of pyridine rings is 1. The molecule has 1 aliphatic rings. The minimum Gasteiger partial charge on any atom is -0.333 e. The van der Waals surface area contributed by atoms with Gasteiger partial charge in [-0.1, -0.05) is 6.07 Å². The van der Waals surface area contributed by atoms with Gasteiger partial charge in [-0.2, -0.15) is 5.10 Å². The quantitative estimate of drug-likeness (QED) is 0.724. The molecule has 7 nitrogen and oxygen atoms in total. The molecule has 1 aliphatic heterocycles. The maximum atomic E-state index is 4.51. The molecule has 0 fully saturated rings. The first-order valence-electron chi connectivity index (χ1n) is 7.81. The van der Waals surface area contributed by atoms with Crippen LogP contribution in [0.4, 0.5) is 0 Å². The highest BCUT2D eigenvalue weighted by Gasteiger charge is 2.23. The summed E-state index contributed by atoms with van der Waals surface area (Å²) in [7, 11) is 0. The summed E-state index contributed by atoms with van der Waals surface area (Å²) in [6, 6.07) is 6.06. The summed E-state index contributed by atoms with van der Waals surface area (Å²) < 4.78 is 4.16. The third-order valence-electron chi connectivity index (χ3n) is 4.16. The molecule has 3 aromatic heterocycles. The van der Waals surface area contributed by atoms with Gasteiger partial charge in [0.15, 0.2) is 0 Å². The van der Waals surface area contributed by atoms with Crippen molar-refractivity contribution in [1.29, 1.82) is 0 Å². The molecule has 0 aliphatic carbocycles. The highest BCUT2D eigenvalue weighted by molar-refractivity contribution is 5.04. The van der Waals surface area contributed by atoms with Gasteiger partial charge >= 0.3 is 0 Å². The van der Waals surface area contributed by atoms with Crippen LogP contribution in [0.25, 0.3) is 0 Å². The van der Waals surface area contributed by atoms with E-state index in [4.69, 9.17) is 0 Å². The van der Waals surface area contributed by atoms with Crippen LogP contribution in [0.1, 0.15) is 11.5 Å². The van der Waals surface area contributed by atoms with Crippen LogP contribution in [0, 0.1) is 5.92 Å². The van der Waals surface area contributed by atoms with Gasteiger partial charge in [-0.25, -0.2) is 9.97 Å². The monoisotopic (exact) mass is 309 g/mol. The number of fused-ring (bicyclic) bond motifs is 1. The van der Waals surface area contributed by atoms with Crippen molar-refractivity contribution in [2.45, 2.75) is 26.2 Å². The van der Waals surface area contributed by atoms with E-state index in [0.717, 1.165) is 44.2 Å². The summed E-state index contributed by atoms with van der Waals surface area (Å²) in [5.74, 6) is 1.57. The van der Waals surface area contributed by atoms with E-state index in [2.05, 4.69) is 41.8 Å². The van der Waals surface area contributed by atoms with E-state index in [1.807, 2.05) is 29.2 Å². The van der Waals surface area contributed by atoms with Crippen molar-refractivity contribution in [3.05, 3.63) is 61.0 Å². The second kappa shape index (κ2) is 6.29. The fourth-order valence-electron chi connectivity index (χ4n) is 3.17. The van der Waals surface area contributed by atoms with E-state index in [0.29, 0.717) is 5.92 Å². The van der Waals surface area contributed by atoms with Crippen LogP contribution >= 0.6 is 0 Å². The van der Waals surface area contributed by atoms with Gasteiger partial charge in [-0.05, 0) is 12.1 Å². The lowest BCUT2D eigenvalue weighted by molar-refractivity contribution is 0.203. The van der Waals surface area contributed by atoms with E-state index in [1.165, 1.54) is 0 Å². The Kier molecular flexibility index (Phi) is 3.85. The zero-order chi connectivity index (χ0) is 15.5. The molecule has 3 aromatic rings. The van der Waals surface area contributed by atoms with Crippen molar-refractivity contribution in [3.63, 3.8) is 0 Å². The third kappa shape index (κ3) is 3.29. The van der Waals surface area contributed by atoms with Gasteiger partial charge in [0.2, 0.25) is 0 Å². The lowest BCUT2D eigenvalue weighted by atomic mass is 10.1. The van der Waals surface area contributed by atoms with E-state index in [9.17, 15) is 0 Å². The molecule has 0 saturated heterocycles.